The molecule has 0 aliphatic heterocycles. The molecule has 0 unspecified atom stereocenters. The molecule has 0 aliphatic carbocycles. The summed E-state index contributed by atoms with van der Waals surface area (Å²) in [6, 6.07) is 0. The monoisotopic (exact) mass is 293 g/mol. The molecule has 1 rings (SSSR count). The topological polar surface area (TPSA) is 59.4 Å². The van der Waals surface area contributed by atoms with Crippen LogP contribution in [0.1, 0.15) is 15.9 Å². The lowest BCUT2D eigenvalue weighted by molar-refractivity contribution is -0.276. The molecule has 0 amide bonds. The zero-order valence-corrected chi connectivity index (χ0v) is 8.43. The smallest absolute Gasteiger partial charge is 0.477 e. The van der Waals surface area contributed by atoms with Gasteiger partial charge >= 0.3 is 18.5 Å². The molecule has 0 spiro atoms. The number of hydrogen-bond acceptors (Lipinski definition) is 3. The standard InChI is InChI=1S/C8H2F7NO3/c9-5-3(7(10,11)12)4(19-8(13,14)15)2(1-16-5)6(17)18/h1H,(H,17,18). The number of aromatic nitrogens is 1. The Labute approximate surface area is 99.0 Å². The lowest BCUT2D eigenvalue weighted by atomic mass is 10.1. The van der Waals surface area contributed by atoms with Crippen molar-refractivity contribution in [2.24, 2.45) is 0 Å². The second kappa shape index (κ2) is 4.55. The number of nitrogens with zero attached hydrogens (tertiary/aromatic N) is 1. The number of alkyl halides is 6. The highest BCUT2D eigenvalue weighted by atomic mass is 19.4. The third-order valence-electron chi connectivity index (χ3n) is 1.72. The molecule has 1 aromatic rings. The van der Waals surface area contributed by atoms with Gasteiger partial charge in [-0.15, -0.1) is 13.2 Å². The Kier molecular flexibility index (Phi) is 3.59. The van der Waals surface area contributed by atoms with E-state index in [2.05, 4.69) is 9.72 Å². The number of ether oxygens (including phenoxy) is 1. The summed E-state index contributed by atoms with van der Waals surface area (Å²) in [5.41, 5.74) is -4.10. The molecular formula is C8H2F7NO3. The van der Waals surface area contributed by atoms with Crippen LogP contribution < -0.4 is 4.74 Å². The fraction of sp³-hybridized carbons (Fsp3) is 0.250. The molecule has 1 aromatic heterocycles. The molecule has 106 valence electrons. The predicted molar refractivity (Wildman–Crippen MR) is 42.8 cm³/mol. The fourth-order valence-corrected chi connectivity index (χ4v) is 1.09. The van der Waals surface area contributed by atoms with Crippen LogP contribution in [-0.4, -0.2) is 22.4 Å². The third-order valence-corrected chi connectivity index (χ3v) is 1.72. The van der Waals surface area contributed by atoms with Crippen molar-refractivity contribution in [3.63, 3.8) is 0 Å². The van der Waals surface area contributed by atoms with E-state index >= 15 is 0 Å². The highest BCUT2D eigenvalue weighted by molar-refractivity contribution is 5.91. The van der Waals surface area contributed by atoms with E-state index in [-0.39, 0.29) is 6.20 Å². The van der Waals surface area contributed by atoms with Gasteiger partial charge in [0.05, 0.1) is 0 Å². The minimum atomic E-state index is -5.63. The number of pyridine rings is 1. The van der Waals surface area contributed by atoms with Crippen LogP contribution in [0.15, 0.2) is 6.20 Å². The lowest BCUT2D eigenvalue weighted by Gasteiger charge is -2.16. The lowest BCUT2D eigenvalue weighted by Crippen LogP contribution is -2.23. The minimum Gasteiger partial charge on any atom is -0.477 e. The Hall–Kier alpha value is -2.07. The summed E-state index contributed by atoms with van der Waals surface area (Å²) in [5.74, 6) is -6.70. The summed E-state index contributed by atoms with van der Waals surface area (Å²) in [7, 11) is 0. The highest BCUT2D eigenvalue weighted by Crippen LogP contribution is 2.41. The van der Waals surface area contributed by atoms with Crippen molar-refractivity contribution in [1.29, 1.82) is 0 Å². The first-order chi connectivity index (χ1) is 8.43. The van der Waals surface area contributed by atoms with Crippen molar-refractivity contribution in [1.82, 2.24) is 4.98 Å². The number of carboxylic acids is 1. The van der Waals surface area contributed by atoms with Gasteiger partial charge in [0.1, 0.15) is 5.56 Å². The van der Waals surface area contributed by atoms with Crippen molar-refractivity contribution in [2.75, 3.05) is 0 Å². The van der Waals surface area contributed by atoms with E-state index in [1.165, 1.54) is 0 Å². The van der Waals surface area contributed by atoms with Crippen LogP contribution in [0, 0.1) is 5.95 Å². The van der Waals surface area contributed by atoms with Crippen molar-refractivity contribution in [3.8, 4) is 5.75 Å². The normalized spacial score (nSPS) is 12.4. The van der Waals surface area contributed by atoms with Crippen LogP contribution >= 0.6 is 0 Å². The van der Waals surface area contributed by atoms with E-state index < -0.39 is 41.3 Å². The van der Waals surface area contributed by atoms with Gasteiger partial charge in [0, 0.05) is 6.20 Å². The Bertz CT molecular complexity index is 508. The van der Waals surface area contributed by atoms with Crippen molar-refractivity contribution in [3.05, 3.63) is 23.3 Å². The highest BCUT2D eigenvalue weighted by Gasteiger charge is 2.44. The van der Waals surface area contributed by atoms with Gasteiger partial charge in [-0.25, -0.2) is 9.78 Å². The van der Waals surface area contributed by atoms with Crippen LogP contribution in [0.2, 0.25) is 0 Å². The summed E-state index contributed by atoms with van der Waals surface area (Å²) in [6.07, 6.45) is -11.2. The first-order valence-corrected chi connectivity index (χ1v) is 4.18. The van der Waals surface area contributed by atoms with Gasteiger partial charge < -0.3 is 9.84 Å². The maximum Gasteiger partial charge on any atom is 0.573 e. The van der Waals surface area contributed by atoms with Gasteiger partial charge in [0.2, 0.25) is 5.95 Å². The van der Waals surface area contributed by atoms with E-state index in [4.69, 9.17) is 5.11 Å². The Morgan fingerprint density at radius 1 is 1.21 bits per heavy atom. The van der Waals surface area contributed by atoms with Gasteiger partial charge in [-0.3, -0.25) is 0 Å². The molecule has 0 aliphatic rings. The van der Waals surface area contributed by atoms with E-state index in [0.717, 1.165) is 0 Å². The van der Waals surface area contributed by atoms with Crippen molar-refractivity contribution >= 4 is 5.97 Å². The summed E-state index contributed by atoms with van der Waals surface area (Å²) in [4.78, 5) is 13.0. The molecule has 1 N–H and O–H groups in total. The van der Waals surface area contributed by atoms with Gasteiger partial charge in [-0.2, -0.15) is 17.6 Å². The van der Waals surface area contributed by atoms with Crippen LogP contribution in [0.3, 0.4) is 0 Å². The van der Waals surface area contributed by atoms with Crippen LogP contribution in [0.5, 0.6) is 5.75 Å². The number of halogens is 7. The van der Waals surface area contributed by atoms with E-state index in [1.54, 1.807) is 0 Å². The largest absolute Gasteiger partial charge is 0.573 e. The van der Waals surface area contributed by atoms with Gasteiger partial charge in [-0.05, 0) is 0 Å². The summed E-state index contributed by atoms with van der Waals surface area (Å²) < 4.78 is 88.9. The average molecular weight is 293 g/mol. The van der Waals surface area contributed by atoms with Crippen LogP contribution in [0.25, 0.3) is 0 Å². The fourth-order valence-electron chi connectivity index (χ4n) is 1.09. The number of aromatic carboxylic acids is 1. The zero-order chi connectivity index (χ0) is 15.0. The minimum absolute atomic E-state index is 0.00597. The van der Waals surface area contributed by atoms with Crippen molar-refractivity contribution in [2.45, 2.75) is 12.5 Å². The first-order valence-electron chi connectivity index (χ1n) is 4.18. The molecular weight excluding hydrogens is 291 g/mol. The number of carbonyl (C=O) groups is 1. The van der Waals surface area contributed by atoms with Gasteiger partial charge in [0.25, 0.3) is 0 Å². The summed E-state index contributed by atoms with van der Waals surface area (Å²) in [5, 5.41) is 8.47. The number of carboxylic acid groups (broad SMARTS) is 1. The zero-order valence-electron chi connectivity index (χ0n) is 8.43. The summed E-state index contributed by atoms with van der Waals surface area (Å²) in [6.45, 7) is 0. The van der Waals surface area contributed by atoms with E-state index in [9.17, 15) is 35.5 Å². The van der Waals surface area contributed by atoms with Crippen LogP contribution in [-0.2, 0) is 6.18 Å². The molecule has 0 aromatic carbocycles. The SMILES string of the molecule is O=C(O)c1cnc(F)c(C(F)(F)F)c1OC(F)(F)F. The second-order valence-electron chi connectivity index (χ2n) is 3.02. The predicted octanol–water partition coefficient (Wildman–Crippen LogP) is 2.84. The van der Waals surface area contributed by atoms with Gasteiger partial charge in [-0.1, -0.05) is 0 Å². The maximum absolute atomic E-state index is 12.9. The van der Waals surface area contributed by atoms with Gasteiger partial charge in [0.15, 0.2) is 11.3 Å². The second-order valence-corrected chi connectivity index (χ2v) is 3.02. The molecule has 0 saturated heterocycles. The Morgan fingerprint density at radius 3 is 2.11 bits per heavy atom. The maximum atomic E-state index is 12.9. The van der Waals surface area contributed by atoms with Crippen molar-refractivity contribution < 1.29 is 45.4 Å². The quantitative estimate of drug-likeness (QED) is 0.673. The average Bonchev–Trinajstić information content (AvgIpc) is 2.11. The van der Waals surface area contributed by atoms with E-state index in [1.807, 2.05) is 0 Å². The number of rotatable bonds is 2. The third kappa shape index (κ3) is 3.45. The molecule has 0 bridgehead atoms. The Morgan fingerprint density at radius 2 is 1.74 bits per heavy atom. The summed E-state index contributed by atoms with van der Waals surface area (Å²) >= 11 is 0. The molecule has 0 radical (unpaired) electrons. The molecule has 4 nitrogen and oxygen atoms in total. The molecule has 0 fully saturated rings. The molecule has 11 heteroatoms. The van der Waals surface area contributed by atoms with Crippen LogP contribution in [0.4, 0.5) is 30.7 Å². The van der Waals surface area contributed by atoms with E-state index in [0.29, 0.717) is 0 Å². The molecule has 0 atom stereocenters. The number of hydrogen-bond donors (Lipinski definition) is 1. The molecule has 0 saturated carbocycles. The molecule has 1 heterocycles. The molecule has 19 heavy (non-hydrogen) atoms. The Balaban J connectivity index is 3.60. The first kappa shape index (κ1) is 15.0.